The van der Waals surface area contributed by atoms with E-state index in [1.54, 1.807) is 12.1 Å². The van der Waals surface area contributed by atoms with Crippen LogP contribution in [-0.2, 0) is 11.3 Å². The minimum absolute atomic E-state index is 0.0434. The number of carbonyl (C=O) groups excluding carboxylic acids is 1. The lowest BCUT2D eigenvalue weighted by Crippen LogP contribution is -2.33. The molecule has 2 N–H and O–H groups in total. The number of nitrogens with one attached hydrogen (secondary N) is 1. The molecule has 0 aliphatic carbocycles. The van der Waals surface area contributed by atoms with Crippen LogP contribution in [0.4, 0.5) is 0 Å². The predicted molar refractivity (Wildman–Crippen MR) is 58.5 cm³/mol. The fourth-order valence-electron chi connectivity index (χ4n) is 1.04. The summed E-state index contributed by atoms with van der Waals surface area (Å²) in [5.41, 5.74) is -0.253. The molecule has 1 rings (SSSR count). The van der Waals surface area contributed by atoms with Gasteiger partial charge in [0.05, 0.1) is 11.1 Å². The molecular weight excluding hydrogens is 264 g/mol. The number of pyridine rings is 1. The summed E-state index contributed by atoms with van der Waals surface area (Å²) in [6.07, 6.45) is 1.53. The third-order valence-corrected chi connectivity index (χ3v) is 2.33. The summed E-state index contributed by atoms with van der Waals surface area (Å²) in [6, 6.07) is 3.29. The molecular formula is C9H11BrN2O3. The van der Waals surface area contributed by atoms with Crippen LogP contribution in [0.2, 0.25) is 0 Å². The predicted octanol–water partition coefficient (Wildman–Crippen LogP) is -0.281. The van der Waals surface area contributed by atoms with E-state index in [1.165, 1.54) is 10.8 Å². The van der Waals surface area contributed by atoms with Crippen LogP contribution in [0.25, 0.3) is 0 Å². The first kappa shape index (κ1) is 11.9. The van der Waals surface area contributed by atoms with Gasteiger partial charge in [0, 0.05) is 12.7 Å². The van der Waals surface area contributed by atoms with E-state index in [4.69, 9.17) is 5.11 Å². The number of amides is 1. The van der Waals surface area contributed by atoms with Gasteiger partial charge < -0.3 is 15.0 Å². The first-order chi connectivity index (χ1) is 7.15. The maximum absolute atomic E-state index is 11.5. The molecule has 0 fully saturated rings. The molecule has 0 aliphatic heterocycles. The van der Waals surface area contributed by atoms with Gasteiger partial charge >= 0.3 is 0 Å². The van der Waals surface area contributed by atoms with Gasteiger partial charge in [0.25, 0.3) is 5.56 Å². The van der Waals surface area contributed by atoms with Crippen molar-refractivity contribution in [1.29, 1.82) is 0 Å². The van der Waals surface area contributed by atoms with Gasteiger partial charge in [0.1, 0.15) is 6.54 Å². The van der Waals surface area contributed by atoms with Crippen LogP contribution in [-0.4, -0.2) is 28.7 Å². The van der Waals surface area contributed by atoms with Crippen molar-refractivity contribution in [1.82, 2.24) is 9.88 Å². The summed E-state index contributed by atoms with van der Waals surface area (Å²) >= 11 is 3.08. The molecule has 0 radical (unpaired) electrons. The van der Waals surface area contributed by atoms with Gasteiger partial charge in [-0.25, -0.2) is 0 Å². The monoisotopic (exact) mass is 274 g/mol. The summed E-state index contributed by atoms with van der Waals surface area (Å²) in [7, 11) is 0. The van der Waals surface area contributed by atoms with Crippen LogP contribution < -0.4 is 10.9 Å². The van der Waals surface area contributed by atoms with E-state index in [1.807, 2.05) is 0 Å². The molecule has 1 heterocycles. The SMILES string of the molecule is O=C(Cn1cccc(Br)c1=O)NCCO. The molecule has 0 unspecified atom stereocenters. The maximum Gasteiger partial charge on any atom is 0.265 e. The molecule has 0 aromatic carbocycles. The van der Waals surface area contributed by atoms with Gasteiger partial charge in [0.15, 0.2) is 0 Å². The summed E-state index contributed by atoms with van der Waals surface area (Å²) in [5, 5.41) is 11.0. The number of aliphatic hydroxyl groups is 1. The average molecular weight is 275 g/mol. The highest BCUT2D eigenvalue weighted by Crippen LogP contribution is 2.00. The number of aromatic nitrogens is 1. The van der Waals surface area contributed by atoms with E-state index in [0.717, 1.165) is 0 Å². The Morgan fingerprint density at radius 1 is 1.60 bits per heavy atom. The van der Waals surface area contributed by atoms with Gasteiger partial charge in [-0.2, -0.15) is 0 Å². The van der Waals surface area contributed by atoms with E-state index in [2.05, 4.69) is 21.2 Å². The standard InChI is InChI=1S/C9H11BrN2O3/c10-7-2-1-4-12(9(7)15)6-8(14)11-3-5-13/h1-2,4,13H,3,5-6H2,(H,11,14). The number of aliphatic hydroxyl groups excluding tert-OH is 1. The number of halogens is 1. The first-order valence-corrected chi connectivity index (χ1v) is 5.17. The fourth-order valence-corrected chi connectivity index (χ4v) is 1.42. The number of hydrogen-bond donors (Lipinski definition) is 2. The minimum Gasteiger partial charge on any atom is -0.395 e. The molecule has 15 heavy (non-hydrogen) atoms. The number of carbonyl (C=O) groups is 1. The Labute approximate surface area is 94.9 Å². The van der Waals surface area contributed by atoms with Gasteiger partial charge in [-0.05, 0) is 28.1 Å². The van der Waals surface area contributed by atoms with Crippen molar-refractivity contribution >= 4 is 21.8 Å². The van der Waals surface area contributed by atoms with E-state index in [0.29, 0.717) is 4.47 Å². The molecule has 5 nitrogen and oxygen atoms in total. The smallest absolute Gasteiger partial charge is 0.265 e. The first-order valence-electron chi connectivity index (χ1n) is 4.37. The zero-order valence-electron chi connectivity index (χ0n) is 7.94. The van der Waals surface area contributed by atoms with E-state index >= 15 is 0 Å². The molecule has 0 saturated carbocycles. The average Bonchev–Trinajstić information content (AvgIpc) is 2.22. The number of nitrogens with zero attached hydrogens (tertiary/aromatic N) is 1. The second-order valence-corrected chi connectivity index (χ2v) is 3.72. The van der Waals surface area contributed by atoms with Crippen molar-refractivity contribution in [2.75, 3.05) is 13.2 Å². The van der Waals surface area contributed by atoms with Gasteiger partial charge in [-0.1, -0.05) is 0 Å². The normalized spacial score (nSPS) is 10.0. The summed E-state index contributed by atoms with van der Waals surface area (Å²) in [4.78, 5) is 22.7. The fraction of sp³-hybridized carbons (Fsp3) is 0.333. The Kier molecular flexibility index (Phi) is 4.51. The largest absolute Gasteiger partial charge is 0.395 e. The van der Waals surface area contributed by atoms with Crippen molar-refractivity contribution < 1.29 is 9.90 Å². The third-order valence-electron chi connectivity index (χ3n) is 1.72. The Bertz CT molecular complexity index is 403. The Balaban J connectivity index is 2.69. The van der Waals surface area contributed by atoms with E-state index < -0.39 is 0 Å². The molecule has 0 saturated heterocycles. The second-order valence-electron chi connectivity index (χ2n) is 2.86. The van der Waals surface area contributed by atoms with Crippen LogP contribution in [0.5, 0.6) is 0 Å². The highest BCUT2D eigenvalue weighted by atomic mass is 79.9. The highest BCUT2D eigenvalue weighted by Gasteiger charge is 2.04. The number of rotatable bonds is 4. The van der Waals surface area contributed by atoms with Crippen LogP contribution in [0.1, 0.15) is 0 Å². The zero-order chi connectivity index (χ0) is 11.3. The Morgan fingerprint density at radius 2 is 2.33 bits per heavy atom. The van der Waals surface area contributed by atoms with Crippen LogP contribution in [0.15, 0.2) is 27.6 Å². The Hall–Kier alpha value is -1.14. The van der Waals surface area contributed by atoms with Crippen molar-refractivity contribution in [2.45, 2.75) is 6.54 Å². The molecule has 0 aliphatic rings. The molecule has 1 aromatic rings. The lowest BCUT2D eigenvalue weighted by molar-refractivity contribution is -0.121. The topological polar surface area (TPSA) is 71.3 Å². The molecule has 1 amide bonds. The summed E-state index contributed by atoms with van der Waals surface area (Å²) in [6.45, 7) is 0.0407. The summed E-state index contributed by atoms with van der Waals surface area (Å²) in [5.74, 6) is -0.302. The minimum atomic E-state index is -0.302. The number of hydrogen-bond acceptors (Lipinski definition) is 3. The molecule has 0 atom stereocenters. The second kappa shape index (κ2) is 5.67. The molecule has 6 heteroatoms. The van der Waals surface area contributed by atoms with Crippen molar-refractivity contribution in [3.05, 3.63) is 33.2 Å². The molecule has 0 spiro atoms. The van der Waals surface area contributed by atoms with Crippen LogP contribution >= 0.6 is 15.9 Å². The molecule has 0 bridgehead atoms. The summed E-state index contributed by atoms with van der Waals surface area (Å²) < 4.78 is 1.71. The van der Waals surface area contributed by atoms with Crippen molar-refractivity contribution in [3.8, 4) is 0 Å². The maximum atomic E-state index is 11.5. The zero-order valence-corrected chi connectivity index (χ0v) is 9.53. The highest BCUT2D eigenvalue weighted by molar-refractivity contribution is 9.10. The van der Waals surface area contributed by atoms with Crippen LogP contribution in [0.3, 0.4) is 0 Å². The quantitative estimate of drug-likeness (QED) is 0.794. The third kappa shape index (κ3) is 3.49. The van der Waals surface area contributed by atoms with E-state index in [9.17, 15) is 9.59 Å². The van der Waals surface area contributed by atoms with Crippen molar-refractivity contribution in [3.63, 3.8) is 0 Å². The molecule has 82 valence electrons. The lowest BCUT2D eigenvalue weighted by atomic mass is 10.4. The Morgan fingerprint density at radius 3 is 3.00 bits per heavy atom. The van der Waals surface area contributed by atoms with Gasteiger partial charge in [0.2, 0.25) is 5.91 Å². The van der Waals surface area contributed by atoms with Gasteiger partial charge in [-0.3, -0.25) is 9.59 Å². The lowest BCUT2D eigenvalue weighted by Gasteiger charge is -2.06. The van der Waals surface area contributed by atoms with Gasteiger partial charge in [-0.15, -0.1) is 0 Å². The van der Waals surface area contributed by atoms with E-state index in [-0.39, 0.29) is 31.2 Å². The van der Waals surface area contributed by atoms with Crippen molar-refractivity contribution in [2.24, 2.45) is 0 Å². The molecule has 1 aromatic heterocycles. The van der Waals surface area contributed by atoms with Crippen LogP contribution in [0, 0.1) is 0 Å².